The molecule has 2 N–H and O–H groups in total. The lowest BCUT2D eigenvalue weighted by molar-refractivity contribution is 0.112. The van der Waals surface area contributed by atoms with Gasteiger partial charge in [0.2, 0.25) is 0 Å². The van der Waals surface area contributed by atoms with Gasteiger partial charge < -0.3 is 15.4 Å². The summed E-state index contributed by atoms with van der Waals surface area (Å²) in [5, 5.41) is 6.07. The summed E-state index contributed by atoms with van der Waals surface area (Å²) in [6.45, 7) is 3.32. The van der Waals surface area contributed by atoms with Crippen LogP contribution in [0.4, 0.5) is 14.9 Å². The van der Waals surface area contributed by atoms with Crippen LogP contribution in [-0.2, 0) is 6.54 Å². The Bertz CT molecular complexity index is 828. The van der Waals surface area contributed by atoms with Gasteiger partial charge >= 0.3 is 6.03 Å². The monoisotopic (exact) mass is 397 g/mol. The van der Waals surface area contributed by atoms with Gasteiger partial charge in [-0.3, -0.25) is 4.90 Å². The van der Waals surface area contributed by atoms with Crippen LogP contribution >= 0.6 is 0 Å². The van der Waals surface area contributed by atoms with Gasteiger partial charge in [-0.2, -0.15) is 0 Å². The van der Waals surface area contributed by atoms with Gasteiger partial charge in [-0.25, -0.2) is 9.18 Å². The molecule has 2 unspecified atom stereocenters. The zero-order valence-corrected chi connectivity index (χ0v) is 16.7. The first-order valence-corrected chi connectivity index (χ1v) is 10.4. The van der Waals surface area contributed by atoms with Gasteiger partial charge in [-0.15, -0.1) is 0 Å². The van der Waals surface area contributed by atoms with Crippen molar-refractivity contribution >= 4 is 11.7 Å². The van der Waals surface area contributed by atoms with Crippen molar-refractivity contribution in [2.24, 2.45) is 0 Å². The largest absolute Gasteiger partial charge is 0.492 e. The number of benzene rings is 2. The molecule has 2 amide bonds. The minimum atomic E-state index is -0.198. The van der Waals surface area contributed by atoms with Crippen LogP contribution in [0.3, 0.4) is 0 Å². The van der Waals surface area contributed by atoms with Crippen molar-refractivity contribution in [1.29, 1.82) is 0 Å². The molecule has 2 aliphatic rings. The quantitative estimate of drug-likeness (QED) is 0.752. The maximum atomic E-state index is 13.2. The lowest BCUT2D eigenvalue weighted by Gasteiger charge is -2.39. The fourth-order valence-corrected chi connectivity index (χ4v) is 4.65. The summed E-state index contributed by atoms with van der Waals surface area (Å²) in [7, 11) is 0. The fourth-order valence-electron chi connectivity index (χ4n) is 4.65. The SMILES string of the molecule is CCOc1ccccc1NC(=O)NC1CC2CCC(C1)N2Cc1ccc(F)cc1. The number of para-hydroxylation sites is 2. The minimum Gasteiger partial charge on any atom is -0.492 e. The molecule has 2 heterocycles. The van der Waals surface area contributed by atoms with Crippen molar-refractivity contribution in [2.75, 3.05) is 11.9 Å². The van der Waals surface area contributed by atoms with Crippen LogP contribution in [0.5, 0.6) is 5.75 Å². The summed E-state index contributed by atoms with van der Waals surface area (Å²) in [4.78, 5) is 15.1. The van der Waals surface area contributed by atoms with Crippen molar-refractivity contribution < 1.29 is 13.9 Å². The first-order chi connectivity index (χ1) is 14.1. The zero-order chi connectivity index (χ0) is 20.2. The number of nitrogens with one attached hydrogen (secondary N) is 2. The highest BCUT2D eigenvalue weighted by Crippen LogP contribution is 2.37. The molecule has 0 radical (unpaired) electrons. The lowest BCUT2D eigenvalue weighted by Crippen LogP contribution is -2.50. The van der Waals surface area contributed by atoms with Crippen LogP contribution in [-0.4, -0.2) is 35.7 Å². The topological polar surface area (TPSA) is 53.6 Å². The lowest BCUT2D eigenvalue weighted by atomic mass is 9.96. The molecule has 2 atom stereocenters. The first kappa shape index (κ1) is 19.7. The summed E-state index contributed by atoms with van der Waals surface area (Å²) in [5.74, 6) is 0.482. The molecule has 0 aromatic heterocycles. The number of hydrogen-bond donors (Lipinski definition) is 2. The molecule has 6 heteroatoms. The van der Waals surface area contributed by atoms with Gasteiger partial charge in [0.1, 0.15) is 11.6 Å². The Balaban J connectivity index is 1.33. The van der Waals surface area contributed by atoms with Gasteiger partial charge in [0, 0.05) is 24.7 Å². The summed E-state index contributed by atoms with van der Waals surface area (Å²) in [5.41, 5.74) is 1.82. The number of halogens is 1. The van der Waals surface area contributed by atoms with E-state index in [0.29, 0.717) is 30.1 Å². The summed E-state index contributed by atoms with van der Waals surface area (Å²) in [6.07, 6.45) is 4.19. The van der Waals surface area contributed by atoms with Crippen LogP contribution in [0.2, 0.25) is 0 Å². The normalized spacial score (nSPS) is 23.6. The molecule has 2 bridgehead atoms. The Kier molecular flexibility index (Phi) is 6.00. The first-order valence-electron chi connectivity index (χ1n) is 10.4. The Morgan fingerprint density at radius 3 is 2.48 bits per heavy atom. The van der Waals surface area contributed by atoms with Gasteiger partial charge in [0.15, 0.2) is 0 Å². The van der Waals surface area contributed by atoms with Crippen LogP contribution in [0.25, 0.3) is 0 Å². The molecule has 0 aliphatic carbocycles. The Morgan fingerprint density at radius 1 is 1.10 bits per heavy atom. The molecular formula is C23H28FN3O2. The molecular weight excluding hydrogens is 369 g/mol. The second kappa shape index (κ2) is 8.82. The highest BCUT2D eigenvalue weighted by molar-refractivity contribution is 5.91. The van der Waals surface area contributed by atoms with Gasteiger partial charge in [-0.05, 0) is 62.4 Å². The number of ether oxygens (including phenoxy) is 1. The van der Waals surface area contributed by atoms with E-state index in [0.717, 1.165) is 37.8 Å². The number of carbonyl (C=O) groups is 1. The smallest absolute Gasteiger partial charge is 0.319 e. The minimum absolute atomic E-state index is 0.163. The Morgan fingerprint density at radius 2 is 1.79 bits per heavy atom. The van der Waals surface area contributed by atoms with Crippen molar-refractivity contribution in [1.82, 2.24) is 10.2 Å². The average Bonchev–Trinajstić information content (AvgIpc) is 2.93. The van der Waals surface area contributed by atoms with E-state index in [1.165, 1.54) is 12.1 Å². The molecule has 0 saturated carbocycles. The number of urea groups is 1. The van der Waals surface area contributed by atoms with E-state index in [1.54, 1.807) is 0 Å². The summed E-state index contributed by atoms with van der Waals surface area (Å²) < 4.78 is 18.7. The van der Waals surface area contributed by atoms with E-state index in [2.05, 4.69) is 15.5 Å². The molecule has 2 aliphatic heterocycles. The van der Waals surface area contributed by atoms with E-state index in [9.17, 15) is 9.18 Å². The number of fused-ring (bicyclic) bond motifs is 2. The average molecular weight is 397 g/mol. The van der Waals surface area contributed by atoms with Gasteiger partial charge in [-0.1, -0.05) is 24.3 Å². The van der Waals surface area contributed by atoms with Crippen molar-refractivity contribution in [2.45, 2.75) is 57.3 Å². The second-order valence-electron chi connectivity index (χ2n) is 7.88. The predicted molar refractivity (Wildman–Crippen MR) is 112 cm³/mol. The van der Waals surface area contributed by atoms with E-state index in [4.69, 9.17) is 4.74 Å². The fraction of sp³-hybridized carbons (Fsp3) is 0.435. The third-order valence-corrected chi connectivity index (χ3v) is 5.93. The molecule has 2 saturated heterocycles. The van der Waals surface area contributed by atoms with Crippen LogP contribution in [0.1, 0.15) is 38.2 Å². The van der Waals surface area contributed by atoms with Crippen molar-refractivity contribution in [3.05, 3.63) is 59.9 Å². The summed E-state index contributed by atoms with van der Waals surface area (Å²) in [6, 6.07) is 15.1. The van der Waals surface area contributed by atoms with Crippen molar-refractivity contribution in [3.8, 4) is 5.75 Å². The third kappa shape index (κ3) is 4.70. The van der Waals surface area contributed by atoms with E-state index in [1.807, 2.05) is 43.3 Å². The van der Waals surface area contributed by atoms with Crippen molar-refractivity contribution in [3.63, 3.8) is 0 Å². The number of rotatable bonds is 6. The van der Waals surface area contributed by atoms with Crippen LogP contribution in [0, 0.1) is 5.82 Å². The highest BCUT2D eigenvalue weighted by Gasteiger charge is 2.40. The number of piperidine rings is 1. The number of carbonyl (C=O) groups excluding carboxylic acids is 1. The summed E-state index contributed by atoms with van der Waals surface area (Å²) >= 11 is 0. The highest BCUT2D eigenvalue weighted by atomic mass is 19.1. The number of hydrogen-bond acceptors (Lipinski definition) is 3. The number of anilines is 1. The number of amides is 2. The van der Waals surface area contributed by atoms with E-state index >= 15 is 0 Å². The Labute approximate surface area is 171 Å². The van der Waals surface area contributed by atoms with E-state index < -0.39 is 0 Å². The molecule has 2 aromatic rings. The van der Waals surface area contributed by atoms with Crippen LogP contribution in [0.15, 0.2) is 48.5 Å². The molecule has 2 fully saturated rings. The predicted octanol–water partition coefficient (Wildman–Crippen LogP) is 4.54. The Hall–Kier alpha value is -2.60. The van der Waals surface area contributed by atoms with Gasteiger partial charge in [0.25, 0.3) is 0 Å². The molecule has 29 heavy (non-hydrogen) atoms. The molecule has 5 nitrogen and oxygen atoms in total. The van der Waals surface area contributed by atoms with Gasteiger partial charge in [0.05, 0.1) is 12.3 Å². The standard InChI is InChI=1S/C23H28FN3O2/c1-2-29-22-6-4-3-5-21(22)26-23(28)25-18-13-19-11-12-20(14-18)27(19)15-16-7-9-17(24)10-8-16/h3-10,18-20H,2,11-15H2,1H3,(H2,25,26,28). The van der Waals surface area contributed by atoms with Crippen LogP contribution < -0.4 is 15.4 Å². The third-order valence-electron chi connectivity index (χ3n) is 5.93. The second-order valence-corrected chi connectivity index (χ2v) is 7.88. The molecule has 0 spiro atoms. The van der Waals surface area contributed by atoms with E-state index in [-0.39, 0.29) is 17.9 Å². The molecule has 2 aromatic carbocycles. The molecule has 4 rings (SSSR count). The maximum absolute atomic E-state index is 13.2. The molecule has 154 valence electrons. The maximum Gasteiger partial charge on any atom is 0.319 e. The zero-order valence-electron chi connectivity index (χ0n) is 16.7. The number of nitrogens with zero attached hydrogens (tertiary/aromatic N) is 1.